The van der Waals surface area contributed by atoms with Gasteiger partial charge in [-0.05, 0) is 13.8 Å². The zero-order chi connectivity index (χ0) is 14.7. The summed E-state index contributed by atoms with van der Waals surface area (Å²) in [6.07, 6.45) is 1.50. The lowest BCUT2D eigenvalue weighted by atomic mass is 10.1. The van der Waals surface area contributed by atoms with Crippen LogP contribution in [0.2, 0.25) is 0 Å². The Kier molecular flexibility index (Phi) is 4.30. The summed E-state index contributed by atoms with van der Waals surface area (Å²) in [5.41, 5.74) is 7.20. The van der Waals surface area contributed by atoms with Gasteiger partial charge >= 0.3 is 0 Å². The minimum atomic E-state index is -0.389. The van der Waals surface area contributed by atoms with Crippen LogP contribution in [0.1, 0.15) is 22.7 Å². The molecule has 0 spiro atoms. The molecule has 9 heteroatoms. The maximum absolute atomic E-state index is 11.0. The molecule has 0 atom stereocenters. The third-order valence-corrected chi connectivity index (χ3v) is 3.54. The fraction of sp³-hybridized carbons (Fsp3) is 0.364. The highest BCUT2D eigenvalue weighted by Crippen LogP contribution is 2.28. The Bertz CT molecular complexity index is 643. The molecule has 0 amide bonds. The molecular weight excluding hydrogens is 282 g/mol. The summed E-state index contributed by atoms with van der Waals surface area (Å²) in [5.74, 6) is 0.770. The van der Waals surface area contributed by atoms with Gasteiger partial charge in [-0.3, -0.25) is 15.1 Å². The van der Waals surface area contributed by atoms with Crippen molar-refractivity contribution >= 4 is 17.4 Å². The van der Waals surface area contributed by atoms with Crippen molar-refractivity contribution in [2.45, 2.75) is 31.4 Å². The van der Waals surface area contributed by atoms with E-state index in [1.54, 1.807) is 13.8 Å². The number of thioether (sulfide) groups is 1. The van der Waals surface area contributed by atoms with Crippen LogP contribution in [0.25, 0.3) is 0 Å². The number of nitrogens with two attached hydrogens (primary N) is 1. The van der Waals surface area contributed by atoms with E-state index >= 15 is 0 Å². The van der Waals surface area contributed by atoms with Crippen LogP contribution in [0.4, 0.5) is 5.69 Å². The summed E-state index contributed by atoms with van der Waals surface area (Å²) in [7, 11) is 0. The lowest BCUT2D eigenvalue weighted by Crippen LogP contribution is -2.01. The second-order valence-electron chi connectivity index (χ2n) is 4.07. The number of nitro groups is 1. The standard InChI is InChI=1S/C11H13N5O3S/c1-6-4-13-8(7(2)10(6)16(17)18)5-20-11-15-14-9(3-12)19-11/h4H,3,5,12H2,1-2H3. The molecular formula is C11H13N5O3S. The van der Waals surface area contributed by atoms with E-state index in [-0.39, 0.29) is 17.2 Å². The Labute approximate surface area is 118 Å². The first-order chi connectivity index (χ1) is 9.52. The van der Waals surface area contributed by atoms with Crippen LogP contribution in [0, 0.1) is 24.0 Å². The first-order valence-electron chi connectivity index (χ1n) is 5.77. The molecule has 0 aliphatic rings. The van der Waals surface area contributed by atoms with Crippen LogP contribution in [-0.4, -0.2) is 20.1 Å². The van der Waals surface area contributed by atoms with Gasteiger partial charge in [0.1, 0.15) is 0 Å². The van der Waals surface area contributed by atoms with Crippen LogP contribution in [0.5, 0.6) is 0 Å². The van der Waals surface area contributed by atoms with Crippen molar-refractivity contribution in [1.29, 1.82) is 0 Å². The van der Waals surface area contributed by atoms with Crippen molar-refractivity contribution < 1.29 is 9.34 Å². The van der Waals surface area contributed by atoms with E-state index < -0.39 is 0 Å². The fourth-order valence-corrected chi connectivity index (χ4v) is 2.51. The first-order valence-corrected chi connectivity index (χ1v) is 6.76. The summed E-state index contributed by atoms with van der Waals surface area (Å²) in [6.45, 7) is 3.54. The van der Waals surface area contributed by atoms with E-state index in [0.29, 0.717) is 33.7 Å². The Morgan fingerprint density at radius 3 is 2.80 bits per heavy atom. The monoisotopic (exact) mass is 295 g/mol. The SMILES string of the molecule is Cc1cnc(CSc2nnc(CN)o2)c(C)c1[N+](=O)[O-]. The van der Waals surface area contributed by atoms with Gasteiger partial charge < -0.3 is 10.2 Å². The predicted molar refractivity (Wildman–Crippen MR) is 72.1 cm³/mol. The van der Waals surface area contributed by atoms with Gasteiger partial charge in [-0.1, -0.05) is 11.8 Å². The minimum absolute atomic E-state index is 0.101. The van der Waals surface area contributed by atoms with Crippen LogP contribution in [0.15, 0.2) is 15.8 Å². The average Bonchev–Trinajstić information content (AvgIpc) is 2.85. The quantitative estimate of drug-likeness (QED) is 0.503. The second kappa shape index (κ2) is 5.97. The molecule has 2 N–H and O–H groups in total. The molecule has 0 saturated carbocycles. The number of hydrogen-bond donors (Lipinski definition) is 1. The summed E-state index contributed by atoms with van der Waals surface area (Å²) >= 11 is 1.27. The Hall–Kier alpha value is -2.00. The van der Waals surface area contributed by atoms with E-state index in [0.717, 1.165) is 0 Å². The summed E-state index contributed by atoms with van der Waals surface area (Å²) < 4.78 is 5.25. The van der Waals surface area contributed by atoms with Crippen LogP contribution in [0.3, 0.4) is 0 Å². The van der Waals surface area contributed by atoms with Gasteiger partial charge in [0.15, 0.2) is 0 Å². The number of pyridine rings is 1. The summed E-state index contributed by atoms with van der Waals surface area (Å²) in [5, 5.41) is 18.9. The smallest absolute Gasteiger partial charge is 0.278 e. The number of aryl methyl sites for hydroxylation is 1. The van der Waals surface area contributed by atoms with Crippen molar-refractivity contribution in [3.63, 3.8) is 0 Å². The largest absolute Gasteiger partial charge is 0.415 e. The normalized spacial score (nSPS) is 10.8. The Morgan fingerprint density at radius 2 is 2.20 bits per heavy atom. The molecule has 106 valence electrons. The molecule has 2 rings (SSSR count). The van der Waals surface area contributed by atoms with Gasteiger partial charge in [0, 0.05) is 23.1 Å². The maximum atomic E-state index is 11.0. The van der Waals surface area contributed by atoms with Crippen molar-refractivity contribution in [2.24, 2.45) is 5.73 Å². The maximum Gasteiger partial charge on any atom is 0.278 e. The minimum Gasteiger partial charge on any atom is -0.415 e. The van der Waals surface area contributed by atoms with Gasteiger partial charge in [0.05, 0.1) is 17.2 Å². The third kappa shape index (κ3) is 2.94. The number of aromatic nitrogens is 3. The highest BCUT2D eigenvalue weighted by atomic mass is 32.2. The molecule has 2 heterocycles. The molecule has 8 nitrogen and oxygen atoms in total. The lowest BCUT2D eigenvalue weighted by molar-refractivity contribution is -0.386. The highest BCUT2D eigenvalue weighted by Gasteiger charge is 2.19. The molecule has 2 aromatic rings. The van der Waals surface area contributed by atoms with Crippen LogP contribution >= 0.6 is 11.8 Å². The van der Waals surface area contributed by atoms with Crippen molar-refractivity contribution in [3.8, 4) is 0 Å². The van der Waals surface area contributed by atoms with Crippen molar-refractivity contribution in [1.82, 2.24) is 15.2 Å². The van der Waals surface area contributed by atoms with E-state index in [1.807, 2.05) is 0 Å². The number of nitrogens with zero attached hydrogens (tertiary/aromatic N) is 4. The molecule has 0 bridgehead atoms. The first kappa shape index (κ1) is 14.4. The molecule has 0 aliphatic heterocycles. The molecule has 0 unspecified atom stereocenters. The third-order valence-electron chi connectivity index (χ3n) is 2.71. The summed E-state index contributed by atoms with van der Waals surface area (Å²) in [6, 6.07) is 0. The van der Waals surface area contributed by atoms with Crippen LogP contribution < -0.4 is 5.73 Å². The van der Waals surface area contributed by atoms with Crippen LogP contribution in [-0.2, 0) is 12.3 Å². The zero-order valence-corrected chi connectivity index (χ0v) is 11.8. The number of rotatable bonds is 5. The Morgan fingerprint density at radius 1 is 1.45 bits per heavy atom. The average molecular weight is 295 g/mol. The van der Waals surface area contributed by atoms with Crippen molar-refractivity contribution in [3.05, 3.63) is 39.0 Å². The van der Waals surface area contributed by atoms with Gasteiger partial charge in [-0.15, -0.1) is 10.2 Å². The van der Waals surface area contributed by atoms with E-state index in [4.69, 9.17) is 10.2 Å². The van der Waals surface area contributed by atoms with Gasteiger partial charge in [0.25, 0.3) is 10.9 Å². The molecule has 0 radical (unpaired) electrons. The van der Waals surface area contributed by atoms with E-state index in [2.05, 4.69) is 15.2 Å². The Balaban J connectivity index is 2.17. The van der Waals surface area contributed by atoms with Crippen molar-refractivity contribution in [2.75, 3.05) is 0 Å². The predicted octanol–water partition coefficient (Wildman–Crippen LogP) is 1.74. The molecule has 0 fully saturated rings. The van der Waals surface area contributed by atoms with Gasteiger partial charge in [-0.25, -0.2) is 0 Å². The molecule has 2 aromatic heterocycles. The zero-order valence-electron chi connectivity index (χ0n) is 11.0. The molecule has 0 aromatic carbocycles. The van der Waals surface area contributed by atoms with Gasteiger partial charge in [0.2, 0.25) is 5.89 Å². The molecule has 20 heavy (non-hydrogen) atoms. The van der Waals surface area contributed by atoms with E-state index in [9.17, 15) is 10.1 Å². The highest BCUT2D eigenvalue weighted by molar-refractivity contribution is 7.98. The summed E-state index contributed by atoms with van der Waals surface area (Å²) in [4.78, 5) is 14.9. The molecule has 0 saturated heterocycles. The van der Waals surface area contributed by atoms with Gasteiger partial charge in [-0.2, -0.15) is 0 Å². The van der Waals surface area contributed by atoms with E-state index in [1.165, 1.54) is 18.0 Å². The second-order valence-corrected chi connectivity index (χ2v) is 5.00. The number of hydrogen-bond acceptors (Lipinski definition) is 8. The fourth-order valence-electron chi connectivity index (χ4n) is 1.70. The molecule has 0 aliphatic carbocycles. The lowest BCUT2D eigenvalue weighted by Gasteiger charge is -2.05. The topological polar surface area (TPSA) is 121 Å².